The molecule has 0 radical (unpaired) electrons. The second kappa shape index (κ2) is 3.32. The maximum Gasteiger partial charge on any atom is 0.205 e. The molecule has 1 aliphatic heterocycles. The minimum Gasteiger partial charge on any atom is -0.355 e. The van der Waals surface area contributed by atoms with E-state index in [0.717, 1.165) is 42.1 Å². The lowest BCUT2D eigenvalue weighted by Crippen LogP contribution is -2.30. The molecule has 0 fully saturated rings. The first-order chi connectivity index (χ1) is 8.34. The number of hydrogen-bond donors (Lipinski definition) is 2. The highest BCUT2D eigenvalue weighted by Gasteiger charge is 2.22. The van der Waals surface area contributed by atoms with Crippen LogP contribution in [0.5, 0.6) is 0 Å². The van der Waals surface area contributed by atoms with E-state index >= 15 is 0 Å². The molecule has 0 unspecified atom stereocenters. The van der Waals surface area contributed by atoms with Crippen molar-refractivity contribution in [2.75, 3.05) is 11.9 Å². The summed E-state index contributed by atoms with van der Waals surface area (Å²) in [5.41, 5.74) is 2.07. The highest BCUT2D eigenvalue weighted by molar-refractivity contribution is 7.18. The van der Waals surface area contributed by atoms with E-state index < -0.39 is 0 Å². The summed E-state index contributed by atoms with van der Waals surface area (Å²) in [6, 6.07) is 0. The van der Waals surface area contributed by atoms with Gasteiger partial charge in [-0.25, -0.2) is 4.98 Å². The molecule has 4 nitrogen and oxygen atoms in total. The molecule has 5 heteroatoms. The van der Waals surface area contributed by atoms with Crippen molar-refractivity contribution in [1.29, 1.82) is 5.41 Å². The Hall–Kier alpha value is -1.36. The van der Waals surface area contributed by atoms with Gasteiger partial charge in [0.15, 0.2) is 0 Å². The fourth-order valence-corrected chi connectivity index (χ4v) is 4.16. The molecule has 0 atom stereocenters. The third-order valence-corrected chi connectivity index (χ3v) is 4.90. The van der Waals surface area contributed by atoms with Crippen LogP contribution in [0.25, 0.3) is 10.2 Å². The first-order valence-electron chi connectivity index (χ1n) is 6.18. The monoisotopic (exact) mass is 246 g/mol. The summed E-state index contributed by atoms with van der Waals surface area (Å²) in [5, 5.41) is 12.8. The molecule has 2 aromatic heterocycles. The van der Waals surface area contributed by atoms with Crippen LogP contribution in [-0.2, 0) is 19.4 Å². The number of fused-ring (bicyclic) bond motifs is 4. The number of nitrogens with zero attached hydrogens (tertiary/aromatic N) is 2. The minimum absolute atomic E-state index is 0.664. The Balaban J connectivity index is 2.11. The molecule has 0 bridgehead atoms. The van der Waals surface area contributed by atoms with Gasteiger partial charge in [-0.3, -0.25) is 9.98 Å². The summed E-state index contributed by atoms with van der Waals surface area (Å²) in [7, 11) is 0. The number of anilines is 1. The van der Waals surface area contributed by atoms with Crippen molar-refractivity contribution in [3.8, 4) is 0 Å². The van der Waals surface area contributed by atoms with Gasteiger partial charge in [-0.1, -0.05) is 0 Å². The molecule has 0 amide bonds. The van der Waals surface area contributed by atoms with Crippen molar-refractivity contribution in [3.05, 3.63) is 15.9 Å². The molecular formula is C12H14N4S. The van der Waals surface area contributed by atoms with Crippen molar-refractivity contribution in [3.63, 3.8) is 0 Å². The zero-order valence-electron chi connectivity index (χ0n) is 9.55. The lowest BCUT2D eigenvalue weighted by Gasteiger charge is -2.19. The van der Waals surface area contributed by atoms with E-state index in [1.807, 2.05) is 4.57 Å². The number of rotatable bonds is 0. The van der Waals surface area contributed by atoms with Crippen molar-refractivity contribution in [2.45, 2.75) is 32.2 Å². The van der Waals surface area contributed by atoms with Crippen LogP contribution in [0, 0.1) is 5.41 Å². The molecule has 0 saturated carbocycles. The van der Waals surface area contributed by atoms with Crippen molar-refractivity contribution < 1.29 is 0 Å². The average molecular weight is 246 g/mol. The largest absolute Gasteiger partial charge is 0.355 e. The maximum atomic E-state index is 8.39. The minimum atomic E-state index is 0.664. The zero-order chi connectivity index (χ0) is 11.4. The predicted molar refractivity (Wildman–Crippen MR) is 68.6 cm³/mol. The Labute approximate surface area is 103 Å². The molecular weight excluding hydrogens is 232 g/mol. The van der Waals surface area contributed by atoms with Gasteiger partial charge in [0.2, 0.25) is 5.95 Å². The highest BCUT2D eigenvalue weighted by Crippen LogP contribution is 2.35. The number of thiophene rings is 1. The Morgan fingerprint density at radius 1 is 1.29 bits per heavy atom. The highest BCUT2D eigenvalue weighted by atomic mass is 32.1. The van der Waals surface area contributed by atoms with E-state index in [0.29, 0.717) is 5.49 Å². The predicted octanol–water partition coefficient (Wildman–Crippen LogP) is 1.88. The van der Waals surface area contributed by atoms with Gasteiger partial charge in [0, 0.05) is 18.0 Å². The number of nitrogens with one attached hydrogen (secondary N) is 2. The third kappa shape index (κ3) is 1.23. The van der Waals surface area contributed by atoms with E-state index in [1.165, 1.54) is 23.3 Å². The van der Waals surface area contributed by atoms with E-state index in [-0.39, 0.29) is 0 Å². The lowest BCUT2D eigenvalue weighted by atomic mass is 10.2. The summed E-state index contributed by atoms with van der Waals surface area (Å²) >= 11 is 1.79. The molecule has 0 saturated heterocycles. The van der Waals surface area contributed by atoms with Gasteiger partial charge in [-0.15, -0.1) is 11.3 Å². The van der Waals surface area contributed by atoms with Gasteiger partial charge in [-0.05, 0) is 31.2 Å². The Morgan fingerprint density at radius 2 is 2.24 bits per heavy atom. The van der Waals surface area contributed by atoms with E-state index in [4.69, 9.17) is 10.4 Å². The molecule has 0 aromatic carbocycles. The fourth-order valence-electron chi connectivity index (χ4n) is 2.90. The summed E-state index contributed by atoms with van der Waals surface area (Å²) in [4.78, 5) is 7.21. The average Bonchev–Trinajstić information content (AvgIpc) is 2.89. The van der Waals surface area contributed by atoms with Crippen LogP contribution in [0.15, 0.2) is 0 Å². The normalized spacial score (nSPS) is 17.9. The van der Waals surface area contributed by atoms with Crippen LogP contribution in [0.4, 0.5) is 5.95 Å². The SMILES string of the molecule is N=c1c2c3c(sc2nc2n1CCCN2)CCC3. The number of aryl methyl sites for hydroxylation is 2. The summed E-state index contributed by atoms with van der Waals surface area (Å²) < 4.78 is 2.02. The molecule has 1 aliphatic carbocycles. The van der Waals surface area contributed by atoms with E-state index in [9.17, 15) is 0 Å². The van der Waals surface area contributed by atoms with Crippen LogP contribution < -0.4 is 10.8 Å². The Bertz CT molecular complexity index is 667. The number of hydrogen-bond acceptors (Lipinski definition) is 4. The zero-order valence-corrected chi connectivity index (χ0v) is 10.4. The summed E-state index contributed by atoms with van der Waals surface area (Å²) in [5.74, 6) is 0.883. The number of aromatic nitrogens is 2. The van der Waals surface area contributed by atoms with Crippen LogP contribution in [0.1, 0.15) is 23.3 Å². The lowest BCUT2D eigenvalue weighted by molar-refractivity contribution is 0.590. The van der Waals surface area contributed by atoms with Gasteiger partial charge in [0.25, 0.3) is 0 Å². The van der Waals surface area contributed by atoms with Gasteiger partial charge in [-0.2, -0.15) is 0 Å². The Kier molecular flexibility index (Phi) is 1.88. The van der Waals surface area contributed by atoms with Gasteiger partial charge >= 0.3 is 0 Å². The van der Waals surface area contributed by atoms with Gasteiger partial charge < -0.3 is 5.32 Å². The molecule has 4 rings (SSSR count). The third-order valence-electron chi connectivity index (χ3n) is 3.71. The topological polar surface area (TPSA) is 53.7 Å². The Morgan fingerprint density at radius 3 is 3.18 bits per heavy atom. The van der Waals surface area contributed by atoms with Gasteiger partial charge in [0.05, 0.1) is 5.39 Å². The van der Waals surface area contributed by atoms with E-state index in [2.05, 4.69) is 5.32 Å². The standard InChI is InChI=1S/C12H14N4S/c13-10-9-7-3-1-4-8(7)17-11(9)15-12-14-5-2-6-16(10)12/h13H,1-6H2,(H,14,15). The van der Waals surface area contributed by atoms with Crippen LogP contribution in [0.2, 0.25) is 0 Å². The first kappa shape index (κ1) is 9.65. The van der Waals surface area contributed by atoms with Crippen molar-refractivity contribution in [1.82, 2.24) is 9.55 Å². The van der Waals surface area contributed by atoms with Crippen molar-refractivity contribution in [2.24, 2.45) is 0 Å². The second-order valence-electron chi connectivity index (χ2n) is 4.75. The van der Waals surface area contributed by atoms with Crippen LogP contribution >= 0.6 is 11.3 Å². The molecule has 3 heterocycles. The van der Waals surface area contributed by atoms with Gasteiger partial charge in [0.1, 0.15) is 10.3 Å². The van der Waals surface area contributed by atoms with Crippen LogP contribution in [0.3, 0.4) is 0 Å². The smallest absolute Gasteiger partial charge is 0.205 e. The quantitative estimate of drug-likeness (QED) is 0.745. The van der Waals surface area contributed by atoms with E-state index in [1.54, 1.807) is 11.3 Å². The molecule has 17 heavy (non-hydrogen) atoms. The molecule has 2 aromatic rings. The second-order valence-corrected chi connectivity index (χ2v) is 5.84. The molecule has 88 valence electrons. The van der Waals surface area contributed by atoms with Crippen LogP contribution in [-0.4, -0.2) is 16.1 Å². The molecule has 0 spiro atoms. The molecule has 2 aliphatic rings. The first-order valence-corrected chi connectivity index (χ1v) is 7.00. The maximum absolute atomic E-state index is 8.39. The summed E-state index contributed by atoms with van der Waals surface area (Å²) in [6.07, 6.45) is 4.65. The summed E-state index contributed by atoms with van der Waals surface area (Å²) in [6.45, 7) is 1.90. The van der Waals surface area contributed by atoms with Crippen molar-refractivity contribution >= 4 is 27.5 Å². The molecule has 2 N–H and O–H groups in total. The fraction of sp³-hybridized carbons (Fsp3) is 0.500.